The van der Waals surface area contributed by atoms with E-state index in [2.05, 4.69) is 10.2 Å². The van der Waals surface area contributed by atoms with E-state index in [0.717, 1.165) is 10.9 Å². The molecule has 0 fully saturated rings. The van der Waals surface area contributed by atoms with Crippen molar-refractivity contribution in [2.75, 3.05) is 0 Å². The van der Waals surface area contributed by atoms with Crippen LogP contribution in [0.15, 0.2) is 6.20 Å². The molecule has 0 aliphatic rings. The molecule has 0 radical (unpaired) electrons. The second-order valence-electron chi connectivity index (χ2n) is 4.09. The molecular formula is C10H10ClN5O4. The summed E-state index contributed by atoms with van der Waals surface area (Å²) in [5.41, 5.74) is 0.108. The van der Waals surface area contributed by atoms with Gasteiger partial charge in [0.05, 0.1) is 21.3 Å². The Morgan fingerprint density at radius 3 is 2.55 bits per heavy atom. The van der Waals surface area contributed by atoms with Crippen molar-refractivity contribution in [1.29, 1.82) is 0 Å². The summed E-state index contributed by atoms with van der Waals surface area (Å²) < 4.78 is 2.62. The number of carbonyl (C=O) groups is 1. The molecule has 0 saturated heterocycles. The van der Waals surface area contributed by atoms with Gasteiger partial charge in [-0.25, -0.2) is 14.2 Å². The zero-order valence-corrected chi connectivity index (χ0v) is 11.3. The van der Waals surface area contributed by atoms with Gasteiger partial charge in [-0.05, 0) is 13.8 Å². The van der Waals surface area contributed by atoms with Gasteiger partial charge < -0.3 is 5.11 Å². The average molecular weight is 300 g/mol. The van der Waals surface area contributed by atoms with Crippen LogP contribution in [0.2, 0.25) is 5.02 Å². The van der Waals surface area contributed by atoms with E-state index in [9.17, 15) is 14.9 Å². The summed E-state index contributed by atoms with van der Waals surface area (Å²) in [4.78, 5) is 20.9. The monoisotopic (exact) mass is 299 g/mol. The van der Waals surface area contributed by atoms with Crippen LogP contribution in [0, 0.1) is 24.0 Å². The summed E-state index contributed by atoms with van der Waals surface area (Å²) in [6.07, 6.45) is 1.05. The van der Waals surface area contributed by atoms with Crippen LogP contribution in [0.4, 0.5) is 5.69 Å². The molecule has 0 atom stereocenters. The molecule has 2 aromatic rings. The second kappa shape index (κ2) is 4.93. The van der Waals surface area contributed by atoms with Crippen molar-refractivity contribution in [3.8, 4) is 0 Å². The van der Waals surface area contributed by atoms with Crippen LogP contribution < -0.4 is 0 Å². The van der Waals surface area contributed by atoms with Gasteiger partial charge in [-0.2, -0.15) is 10.2 Å². The summed E-state index contributed by atoms with van der Waals surface area (Å²) in [5.74, 6) is -1.46. The quantitative estimate of drug-likeness (QED) is 0.675. The Bertz CT molecular complexity index is 673. The lowest BCUT2D eigenvalue weighted by Crippen LogP contribution is -2.12. The number of hydrogen-bond donors (Lipinski definition) is 1. The molecule has 0 aliphatic carbocycles. The Kier molecular flexibility index (Phi) is 3.45. The van der Waals surface area contributed by atoms with Crippen molar-refractivity contribution >= 4 is 23.3 Å². The van der Waals surface area contributed by atoms with Crippen LogP contribution in [0.1, 0.15) is 21.9 Å². The summed E-state index contributed by atoms with van der Waals surface area (Å²) in [5, 5.41) is 27.9. The van der Waals surface area contributed by atoms with Gasteiger partial charge in [0, 0.05) is 0 Å². The summed E-state index contributed by atoms with van der Waals surface area (Å²) >= 11 is 5.99. The normalized spacial score (nSPS) is 10.8. The third-order valence-electron chi connectivity index (χ3n) is 2.71. The fourth-order valence-corrected chi connectivity index (χ4v) is 1.85. The number of aromatic carboxylic acids is 1. The topological polar surface area (TPSA) is 116 Å². The first-order valence-corrected chi connectivity index (χ1v) is 5.83. The van der Waals surface area contributed by atoms with E-state index in [1.165, 1.54) is 4.68 Å². The Labute approximate surface area is 117 Å². The number of carboxylic acid groups (broad SMARTS) is 1. The molecule has 2 rings (SSSR count). The van der Waals surface area contributed by atoms with E-state index in [-0.39, 0.29) is 6.67 Å². The smallest absolute Gasteiger partial charge is 0.363 e. The highest BCUT2D eigenvalue weighted by atomic mass is 35.5. The van der Waals surface area contributed by atoms with Crippen molar-refractivity contribution in [3.63, 3.8) is 0 Å². The molecule has 0 aromatic carbocycles. The van der Waals surface area contributed by atoms with Crippen LogP contribution in [0.3, 0.4) is 0 Å². The van der Waals surface area contributed by atoms with Gasteiger partial charge in [0.15, 0.2) is 0 Å². The SMILES string of the molecule is Cc1nn(Cn2cc([N+](=O)[O-])c(C(=O)O)n2)c(C)c1Cl. The number of carboxylic acids is 1. The van der Waals surface area contributed by atoms with Crippen LogP contribution in [-0.2, 0) is 6.67 Å². The van der Waals surface area contributed by atoms with Crippen LogP contribution in [0.5, 0.6) is 0 Å². The van der Waals surface area contributed by atoms with E-state index in [1.54, 1.807) is 13.8 Å². The van der Waals surface area contributed by atoms with E-state index in [0.29, 0.717) is 16.4 Å². The van der Waals surface area contributed by atoms with Crippen molar-refractivity contribution < 1.29 is 14.8 Å². The van der Waals surface area contributed by atoms with E-state index < -0.39 is 22.3 Å². The predicted molar refractivity (Wildman–Crippen MR) is 67.9 cm³/mol. The lowest BCUT2D eigenvalue weighted by atomic mass is 10.4. The second-order valence-corrected chi connectivity index (χ2v) is 4.47. The highest BCUT2D eigenvalue weighted by Gasteiger charge is 2.25. The maximum Gasteiger partial charge on any atom is 0.363 e. The van der Waals surface area contributed by atoms with Crippen molar-refractivity contribution in [2.45, 2.75) is 20.5 Å². The molecule has 10 heteroatoms. The minimum atomic E-state index is -1.46. The number of nitrogens with zero attached hydrogens (tertiary/aromatic N) is 5. The number of aryl methyl sites for hydroxylation is 1. The first kappa shape index (κ1) is 14.0. The minimum Gasteiger partial charge on any atom is -0.476 e. The Morgan fingerprint density at radius 2 is 2.15 bits per heavy atom. The highest BCUT2D eigenvalue weighted by molar-refractivity contribution is 6.31. The number of rotatable bonds is 4. The zero-order chi connectivity index (χ0) is 15.0. The van der Waals surface area contributed by atoms with Gasteiger partial charge in [0.1, 0.15) is 12.9 Å². The number of hydrogen-bond acceptors (Lipinski definition) is 5. The van der Waals surface area contributed by atoms with Gasteiger partial charge >= 0.3 is 11.7 Å². The Hall–Kier alpha value is -2.42. The maximum atomic E-state index is 10.9. The van der Waals surface area contributed by atoms with Gasteiger partial charge in [0.2, 0.25) is 5.69 Å². The van der Waals surface area contributed by atoms with Crippen LogP contribution >= 0.6 is 11.6 Å². The molecule has 9 nitrogen and oxygen atoms in total. The predicted octanol–water partition coefficient (Wildman–Crippen LogP) is 1.46. The molecule has 2 aromatic heterocycles. The number of halogens is 1. The van der Waals surface area contributed by atoms with Gasteiger partial charge in [0.25, 0.3) is 0 Å². The first-order chi connectivity index (χ1) is 9.31. The highest BCUT2D eigenvalue weighted by Crippen LogP contribution is 2.20. The standard InChI is InChI=1S/C10H10ClN5O4/c1-5-8(11)6(2)15(12-5)4-14-3-7(16(19)20)9(13-14)10(17)18/h3H,4H2,1-2H3,(H,17,18). The Balaban J connectivity index is 2.39. The fourth-order valence-electron chi connectivity index (χ4n) is 1.72. The van der Waals surface area contributed by atoms with Crippen LogP contribution in [0.25, 0.3) is 0 Å². The maximum absolute atomic E-state index is 10.9. The number of aromatic nitrogens is 4. The third kappa shape index (κ3) is 2.35. The van der Waals surface area contributed by atoms with E-state index in [4.69, 9.17) is 16.7 Å². The first-order valence-electron chi connectivity index (χ1n) is 5.46. The van der Waals surface area contributed by atoms with E-state index >= 15 is 0 Å². The van der Waals surface area contributed by atoms with Crippen molar-refractivity contribution in [3.05, 3.63) is 38.4 Å². The molecule has 0 unspecified atom stereocenters. The van der Waals surface area contributed by atoms with Gasteiger partial charge in [-0.1, -0.05) is 11.6 Å². The molecule has 106 valence electrons. The fraction of sp³-hybridized carbons (Fsp3) is 0.300. The molecule has 0 aliphatic heterocycles. The Morgan fingerprint density at radius 1 is 1.50 bits per heavy atom. The molecule has 2 heterocycles. The van der Waals surface area contributed by atoms with Crippen LogP contribution in [-0.4, -0.2) is 35.6 Å². The van der Waals surface area contributed by atoms with Gasteiger partial charge in [-0.15, -0.1) is 0 Å². The van der Waals surface area contributed by atoms with Crippen molar-refractivity contribution in [1.82, 2.24) is 19.6 Å². The zero-order valence-electron chi connectivity index (χ0n) is 10.6. The molecule has 20 heavy (non-hydrogen) atoms. The lowest BCUT2D eigenvalue weighted by molar-refractivity contribution is -0.385. The average Bonchev–Trinajstić information content (AvgIpc) is 2.88. The molecule has 1 N–H and O–H groups in total. The van der Waals surface area contributed by atoms with E-state index in [1.807, 2.05) is 0 Å². The van der Waals surface area contributed by atoms with Crippen molar-refractivity contribution in [2.24, 2.45) is 0 Å². The molecular weight excluding hydrogens is 290 g/mol. The lowest BCUT2D eigenvalue weighted by Gasteiger charge is -2.03. The number of nitro groups is 1. The largest absolute Gasteiger partial charge is 0.476 e. The summed E-state index contributed by atoms with van der Waals surface area (Å²) in [6, 6.07) is 0. The summed E-state index contributed by atoms with van der Waals surface area (Å²) in [6.45, 7) is 3.49. The summed E-state index contributed by atoms with van der Waals surface area (Å²) in [7, 11) is 0. The molecule has 0 spiro atoms. The molecule has 0 bridgehead atoms. The van der Waals surface area contributed by atoms with Gasteiger partial charge in [-0.3, -0.25) is 10.1 Å². The minimum absolute atomic E-state index is 0.0352. The third-order valence-corrected chi connectivity index (χ3v) is 3.26. The molecule has 0 saturated carbocycles. The molecule has 0 amide bonds.